The zero-order valence-electron chi connectivity index (χ0n) is 7.00. The van der Waals surface area contributed by atoms with Gasteiger partial charge in [0.1, 0.15) is 11.0 Å². The van der Waals surface area contributed by atoms with Crippen LogP contribution >= 0.6 is 0 Å². The monoisotopic (exact) mass is 180 g/mol. The molecule has 0 aliphatic rings. The Balaban J connectivity index is 3.02. The van der Waals surface area contributed by atoms with E-state index in [1.165, 1.54) is 6.20 Å². The second kappa shape index (κ2) is 2.58. The molecule has 6 heteroatoms. The summed E-state index contributed by atoms with van der Waals surface area (Å²) in [6.45, 7) is 2.10. The fraction of sp³-hybridized carbons (Fsp3) is 0.286. The number of nitrogens with one attached hydrogen (secondary N) is 2. The van der Waals surface area contributed by atoms with E-state index < -0.39 is 5.69 Å². The number of hydrogen-bond acceptors (Lipinski definition) is 3. The standard InChI is InChI=1S/C7H8N4O2/c1-2-11-6(12)4-3-8-10-5(4)9-7(11)13/h3H,2H2,1H3,(H2,8,9,10,13). The maximum Gasteiger partial charge on any atom is 0.329 e. The second-order valence-electron chi connectivity index (χ2n) is 2.64. The molecule has 2 heterocycles. The summed E-state index contributed by atoms with van der Waals surface area (Å²) in [5.41, 5.74) is -0.348. The highest BCUT2D eigenvalue weighted by Gasteiger charge is 2.06. The highest BCUT2D eigenvalue weighted by Crippen LogP contribution is 1.96. The minimum Gasteiger partial charge on any atom is -0.292 e. The number of hydrogen-bond donors (Lipinski definition) is 2. The van der Waals surface area contributed by atoms with Gasteiger partial charge in [0, 0.05) is 6.54 Å². The van der Waals surface area contributed by atoms with E-state index in [0.717, 1.165) is 4.57 Å². The topological polar surface area (TPSA) is 83.5 Å². The number of fused-ring (bicyclic) bond motifs is 1. The number of aromatic nitrogens is 4. The third-order valence-corrected chi connectivity index (χ3v) is 1.91. The van der Waals surface area contributed by atoms with E-state index in [2.05, 4.69) is 15.2 Å². The Morgan fingerprint density at radius 3 is 3.00 bits per heavy atom. The first kappa shape index (κ1) is 7.78. The first-order valence-electron chi connectivity index (χ1n) is 3.90. The zero-order valence-corrected chi connectivity index (χ0v) is 7.00. The van der Waals surface area contributed by atoms with Gasteiger partial charge in [-0.25, -0.2) is 4.79 Å². The summed E-state index contributed by atoms with van der Waals surface area (Å²) in [6.07, 6.45) is 1.40. The summed E-state index contributed by atoms with van der Waals surface area (Å²) < 4.78 is 1.12. The smallest absolute Gasteiger partial charge is 0.292 e. The van der Waals surface area contributed by atoms with Crippen molar-refractivity contribution in [1.82, 2.24) is 19.7 Å². The summed E-state index contributed by atoms with van der Waals surface area (Å²) in [7, 11) is 0. The van der Waals surface area contributed by atoms with Gasteiger partial charge in [0.05, 0.1) is 6.20 Å². The Hall–Kier alpha value is -1.85. The van der Waals surface area contributed by atoms with Crippen LogP contribution in [0.1, 0.15) is 6.92 Å². The SMILES string of the molecule is CCn1c(=O)[nH]c2[nH]ncc2c1=O. The fourth-order valence-corrected chi connectivity index (χ4v) is 1.24. The highest BCUT2D eigenvalue weighted by atomic mass is 16.2. The van der Waals surface area contributed by atoms with Crippen molar-refractivity contribution in [2.45, 2.75) is 13.5 Å². The minimum absolute atomic E-state index is 0.310. The summed E-state index contributed by atoms with van der Waals surface area (Å²) in [5, 5.41) is 6.61. The number of aromatic amines is 2. The van der Waals surface area contributed by atoms with Crippen LogP contribution in [-0.2, 0) is 6.54 Å². The number of H-pyrrole nitrogens is 2. The van der Waals surface area contributed by atoms with Crippen LogP contribution in [-0.4, -0.2) is 19.7 Å². The predicted molar refractivity (Wildman–Crippen MR) is 46.6 cm³/mol. The van der Waals surface area contributed by atoms with Crippen LogP contribution in [0.15, 0.2) is 15.8 Å². The molecule has 2 rings (SSSR count). The Bertz CT molecular complexity index is 547. The number of nitrogens with zero attached hydrogens (tertiary/aromatic N) is 2. The van der Waals surface area contributed by atoms with E-state index in [1.807, 2.05) is 0 Å². The molecule has 2 N–H and O–H groups in total. The summed E-state index contributed by atoms with van der Waals surface area (Å²) in [4.78, 5) is 25.3. The molecule has 0 aromatic carbocycles. The van der Waals surface area contributed by atoms with Gasteiger partial charge in [0.15, 0.2) is 0 Å². The molecule has 0 spiro atoms. The van der Waals surface area contributed by atoms with Crippen LogP contribution in [0.4, 0.5) is 0 Å². The molecule has 0 saturated carbocycles. The second-order valence-corrected chi connectivity index (χ2v) is 2.64. The van der Waals surface area contributed by atoms with Crippen LogP contribution in [0.2, 0.25) is 0 Å². The average Bonchev–Trinajstić information content (AvgIpc) is 2.53. The summed E-state index contributed by atoms with van der Waals surface area (Å²) in [5.74, 6) is 0. The molecule has 0 atom stereocenters. The van der Waals surface area contributed by atoms with E-state index >= 15 is 0 Å². The van der Waals surface area contributed by atoms with Crippen molar-refractivity contribution in [3.63, 3.8) is 0 Å². The molecular weight excluding hydrogens is 172 g/mol. The summed E-state index contributed by atoms with van der Waals surface area (Å²) in [6, 6.07) is 0. The molecule has 68 valence electrons. The Morgan fingerprint density at radius 2 is 2.31 bits per heavy atom. The van der Waals surface area contributed by atoms with Crippen molar-refractivity contribution in [1.29, 1.82) is 0 Å². The molecular formula is C7H8N4O2. The largest absolute Gasteiger partial charge is 0.329 e. The van der Waals surface area contributed by atoms with Gasteiger partial charge < -0.3 is 0 Å². The molecule has 13 heavy (non-hydrogen) atoms. The quantitative estimate of drug-likeness (QED) is 0.616. The van der Waals surface area contributed by atoms with Gasteiger partial charge in [-0.1, -0.05) is 0 Å². The molecule has 2 aromatic rings. The van der Waals surface area contributed by atoms with Crippen molar-refractivity contribution in [2.24, 2.45) is 0 Å². The molecule has 0 amide bonds. The summed E-state index contributed by atoms with van der Waals surface area (Å²) >= 11 is 0. The molecule has 0 fully saturated rings. The van der Waals surface area contributed by atoms with Crippen molar-refractivity contribution in [3.8, 4) is 0 Å². The van der Waals surface area contributed by atoms with Gasteiger partial charge >= 0.3 is 5.69 Å². The lowest BCUT2D eigenvalue weighted by Gasteiger charge is -1.97. The van der Waals surface area contributed by atoms with Crippen molar-refractivity contribution in [3.05, 3.63) is 27.0 Å². The maximum absolute atomic E-state index is 11.5. The fourth-order valence-electron chi connectivity index (χ4n) is 1.24. The van der Waals surface area contributed by atoms with Gasteiger partial charge in [0.25, 0.3) is 5.56 Å². The maximum atomic E-state index is 11.5. The molecule has 0 aliphatic heterocycles. The molecule has 0 aliphatic carbocycles. The van der Waals surface area contributed by atoms with Crippen LogP contribution in [0.3, 0.4) is 0 Å². The molecule has 6 nitrogen and oxygen atoms in total. The average molecular weight is 180 g/mol. The van der Waals surface area contributed by atoms with Gasteiger partial charge in [0.2, 0.25) is 0 Å². The Labute approximate surface area is 72.2 Å². The first-order chi connectivity index (χ1) is 6.24. The third kappa shape index (κ3) is 0.986. The molecule has 0 unspecified atom stereocenters. The zero-order chi connectivity index (χ0) is 9.42. The Kier molecular flexibility index (Phi) is 1.54. The Morgan fingerprint density at radius 1 is 1.54 bits per heavy atom. The van der Waals surface area contributed by atoms with E-state index in [9.17, 15) is 9.59 Å². The molecule has 2 aromatic heterocycles. The van der Waals surface area contributed by atoms with Gasteiger partial charge in [-0.3, -0.25) is 19.4 Å². The first-order valence-corrected chi connectivity index (χ1v) is 3.90. The predicted octanol–water partition coefficient (Wildman–Crippen LogP) is -0.567. The number of rotatable bonds is 1. The van der Waals surface area contributed by atoms with Gasteiger partial charge in [-0.05, 0) is 6.92 Å². The minimum atomic E-state index is -0.413. The van der Waals surface area contributed by atoms with Crippen molar-refractivity contribution >= 4 is 11.0 Å². The molecule has 0 radical (unpaired) electrons. The van der Waals surface area contributed by atoms with E-state index in [1.54, 1.807) is 6.92 Å². The van der Waals surface area contributed by atoms with Crippen LogP contribution in [0.25, 0.3) is 11.0 Å². The van der Waals surface area contributed by atoms with Crippen LogP contribution in [0, 0.1) is 0 Å². The van der Waals surface area contributed by atoms with Crippen LogP contribution in [0.5, 0.6) is 0 Å². The molecule has 0 saturated heterocycles. The highest BCUT2D eigenvalue weighted by molar-refractivity contribution is 5.71. The molecule has 0 bridgehead atoms. The van der Waals surface area contributed by atoms with Crippen molar-refractivity contribution in [2.75, 3.05) is 0 Å². The van der Waals surface area contributed by atoms with E-state index in [-0.39, 0.29) is 5.56 Å². The lowest BCUT2D eigenvalue weighted by molar-refractivity contribution is 0.683. The lowest BCUT2D eigenvalue weighted by Crippen LogP contribution is -2.34. The lowest BCUT2D eigenvalue weighted by atomic mass is 10.4. The normalized spacial score (nSPS) is 10.8. The van der Waals surface area contributed by atoms with Crippen LogP contribution < -0.4 is 11.2 Å². The van der Waals surface area contributed by atoms with E-state index in [4.69, 9.17) is 0 Å². The van der Waals surface area contributed by atoms with Gasteiger partial charge in [-0.15, -0.1) is 0 Å². The van der Waals surface area contributed by atoms with E-state index in [0.29, 0.717) is 17.6 Å². The van der Waals surface area contributed by atoms with Crippen molar-refractivity contribution < 1.29 is 0 Å². The third-order valence-electron chi connectivity index (χ3n) is 1.91. The van der Waals surface area contributed by atoms with Gasteiger partial charge in [-0.2, -0.15) is 5.10 Å².